The number of sulfonamides is 1. The Hall–Kier alpha value is -1.01. The second-order valence-corrected chi connectivity index (χ2v) is 8.46. The SMILES string of the molecule is CCS(=O)(=O)N1CCC(NC(=NC)NCCc2cc(F)ccc2F)CC1.I. The molecule has 1 aromatic rings. The Labute approximate surface area is 176 Å². The number of benzene rings is 1. The van der Waals surface area contributed by atoms with Gasteiger partial charge in [-0.1, -0.05) is 0 Å². The predicted molar refractivity (Wildman–Crippen MR) is 114 cm³/mol. The number of nitrogens with one attached hydrogen (secondary N) is 2. The molecule has 1 aliphatic rings. The third-order valence-electron chi connectivity index (χ3n) is 4.47. The van der Waals surface area contributed by atoms with E-state index in [0.29, 0.717) is 50.4 Å². The van der Waals surface area contributed by atoms with Gasteiger partial charge in [-0.3, -0.25) is 4.99 Å². The van der Waals surface area contributed by atoms with Crippen LogP contribution in [0.25, 0.3) is 0 Å². The monoisotopic (exact) mass is 516 g/mol. The first kappa shape index (κ1) is 24.0. The van der Waals surface area contributed by atoms with Crippen LogP contribution in [0.5, 0.6) is 0 Å². The number of nitrogens with zero attached hydrogens (tertiary/aromatic N) is 2. The molecule has 6 nitrogen and oxygen atoms in total. The molecule has 0 spiro atoms. The van der Waals surface area contributed by atoms with E-state index in [1.807, 2.05) is 0 Å². The molecule has 10 heteroatoms. The summed E-state index contributed by atoms with van der Waals surface area (Å²) in [5, 5.41) is 6.34. The molecule has 2 N–H and O–H groups in total. The van der Waals surface area contributed by atoms with E-state index in [2.05, 4.69) is 15.6 Å². The minimum atomic E-state index is -3.14. The van der Waals surface area contributed by atoms with Crippen molar-refractivity contribution in [2.75, 3.05) is 32.4 Å². The zero-order valence-electron chi connectivity index (χ0n) is 15.5. The highest BCUT2D eigenvalue weighted by atomic mass is 127. The predicted octanol–water partition coefficient (Wildman–Crippen LogP) is 2.10. The van der Waals surface area contributed by atoms with Crippen LogP contribution in [-0.2, 0) is 16.4 Å². The fraction of sp³-hybridized carbons (Fsp3) is 0.588. The van der Waals surface area contributed by atoms with Gasteiger partial charge in [-0.05, 0) is 49.9 Å². The Morgan fingerprint density at radius 1 is 1.30 bits per heavy atom. The van der Waals surface area contributed by atoms with E-state index in [9.17, 15) is 17.2 Å². The Morgan fingerprint density at radius 2 is 1.96 bits per heavy atom. The van der Waals surface area contributed by atoms with Crippen LogP contribution >= 0.6 is 24.0 Å². The number of rotatable bonds is 6. The number of guanidine groups is 1. The van der Waals surface area contributed by atoms with E-state index in [4.69, 9.17) is 0 Å². The highest BCUT2D eigenvalue weighted by molar-refractivity contribution is 14.0. The summed E-state index contributed by atoms with van der Waals surface area (Å²) in [6.07, 6.45) is 1.72. The largest absolute Gasteiger partial charge is 0.356 e. The average Bonchev–Trinajstić information content (AvgIpc) is 2.64. The molecular formula is C17H27F2IN4O2S. The summed E-state index contributed by atoms with van der Waals surface area (Å²) in [6.45, 7) is 3.02. The quantitative estimate of drug-likeness (QED) is 0.345. The van der Waals surface area contributed by atoms with Crippen LogP contribution in [0.1, 0.15) is 25.3 Å². The Kier molecular flexibility index (Phi) is 9.88. The molecule has 154 valence electrons. The molecule has 0 aliphatic carbocycles. The average molecular weight is 516 g/mol. The fourth-order valence-electron chi connectivity index (χ4n) is 2.90. The zero-order valence-corrected chi connectivity index (χ0v) is 18.7. The molecule has 1 aliphatic heterocycles. The van der Waals surface area contributed by atoms with Crippen molar-refractivity contribution < 1.29 is 17.2 Å². The molecule has 0 aromatic heterocycles. The van der Waals surface area contributed by atoms with E-state index < -0.39 is 21.7 Å². The van der Waals surface area contributed by atoms with E-state index in [0.717, 1.165) is 12.1 Å². The second kappa shape index (κ2) is 11.1. The van der Waals surface area contributed by atoms with Crippen LogP contribution in [0, 0.1) is 11.6 Å². The molecule has 0 saturated carbocycles. The number of aliphatic imine (C=N–C) groups is 1. The number of halogens is 3. The third kappa shape index (κ3) is 7.15. The Morgan fingerprint density at radius 3 is 2.56 bits per heavy atom. The van der Waals surface area contributed by atoms with Crippen molar-refractivity contribution in [1.82, 2.24) is 14.9 Å². The summed E-state index contributed by atoms with van der Waals surface area (Å²) in [6, 6.07) is 3.53. The molecule has 0 radical (unpaired) electrons. The van der Waals surface area contributed by atoms with Crippen LogP contribution in [0.15, 0.2) is 23.2 Å². The van der Waals surface area contributed by atoms with Gasteiger partial charge in [-0.25, -0.2) is 21.5 Å². The first-order chi connectivity index (χ1) is 12.4. The highest BCUT2D eigenvalue weighted by Gasteiger charge is 2.26. The van der Waals surface area contributed by atoms with Gasteiger partial charge in [0.15, 0.2) is 5.96 Å². The van der Waals surface area contributed by atoms with Gasteiger partial charge in [0.2, 0.25) is 10.0 Å². The maximum Gasteiger partial charge on any atom is 0.213 e. The van der Waals surface area contributed by atoms with Gasteiger partial charge in [0, 0.05) is 32.7 Å². The molecule has 0 atom stereocenters. The summed E-state index contributed by atoms with van der Waals surface area (Å²) < 4.78 is 52.1. The number of hydrogen-bond acceptors (Lipinski definition) is 3. The van der Waals surface area contributed by atoms with Gasteiger partial charge >= 0.3 is 0 Å². The van der Waals surface area contributed by atoms with Crippen LogP contribution in [0.4, 0.5) is 8.78 Å². The van der Waals surface area contributed by atoms with Crippen molar-refractivity contribution in [2.24, 2.45) is 4.99 Å². The summed E-state index contributed by atoms with van der Waals surface area (Å²) in [5.74, 6) is -0.206. The maximum atomic E-state index is 13.6. The van der Waals surface area contributed by atoms with E-state index >= 15 is 0 Å². The van der Waals surface area contributed by atoms with Crippen molar-refractivity contribution in [3.63, 3.8) is 0 Å². The van der Waals surface area contributed by atoms with E-state index in [1.165, 1.54) is 10.4 Å². The Bertz CT molecular complexity index is 738. The first-order valence-corrected chi connectivity index (χ1v) is 10.4. The lowest BCUT2D eigenvalue weighted by molar-refractivity contribution is 0.306. The molecule has 0 amide bonds. The first-order valence-electron chi connectivity index (χ1n) is 8.74. The van der Waals surface area contributed by atoms with E-state index in [1.54, 1.807) is 14.0 Å². The van der Waals surface area contributed by atoms with Gasteiger partial charge in [0.25, 0.3) is 0 Å². The molecule has 1 heterocycles. The molecule has 2 rings (SSSR count). The van der Waals surface area contributed by atoms with Crippen LogP contribution in [0.3, 0.4) is 0 Å². The van der Waals surface area contributed by atoms with Crippen LogP contribution in [-0.4, -0.2) is 57.2 Å². The summed E-state index contributed by atoms with van der Waals surface area (Å²) in [4.78, 5) is 4.13. The summed E-state index contributed by atoms with van der Waals surface area (Å²) >= 11 is 0. The van der Waals surface area contributed by atoms with E-state index in [-0.39, 0.29) is 35.8 Å². The van der Waals surface area contributed by atoms with Crippen molar-refractivity contribution in [3.8, 4) is 0 Å². The van der Waals surface area contributed by atoms with Crippen molar-refractivity contribution in [1.29, 1.82) is 0 Å². The van der Waals surface area contributed by atoms with Gasteiger partial charge in [0.05, 0.1) is 5.75 Å². The molecule has 0 bridgehead atoms. The van der Waals surface area contributed by atoms with Crippen molar-refractivity contribution >= 4 is 40.0 Å². The van der Waals surface area contributed by atoms with Crippen LogP contribution in [0.2, 0.25) is 0 Å². The van der Waals surface area contributed by atoms with Gasteiger partial charge in [0.1, 0.15) is 11.6 Å². The number of piperidine rings is 1. The van der Waals surface area contributed by atoms with Gasteiger partial charge < -0.3 is 10.6 Å². The normalized spacial score (nSPS) is 16.7. The molecule has 1 saturated heterocycles. The molecular weight excluding hydrogens is 489 g/mol. The van der Waals surface area contributed by atoms with Crippen molar-refractivity contribution in [3.05, 3.63) is 35.4 Å². The highest BCUT2D eigenvalue weighted by Crippen LogP contribution is 2.14. The smallest absolute Gasteiger partial charge is 0.213 e. The van der Waals surface area contributed by atoms with Crippen LogP contribution < -0.4 is 10.6 Å². The Balaban J connectivity index is 0.00000364. The molecule has 1 aromatic carbocycles. The summed E-state index contributed by atoms with van der Waals surface area (Å²) in [7, 11) is -1.50. The topological polar surface area (TPSA) is 73.8 Å². The third-order valence-corrected chi connectivity index (χ3v) is 6.35. The van der Waals surface area contributed by atoms with Gasteiger partial charge in [-0.2, -0.15) is 0 Å². The number of hydrogen-bond donors (Lipinski definition) is 2. The lowest BCUT2D eigenvalue weighted by Gasteiger charge is -2.32. The summed E-state index contributed by atoms with van der Waals surface area (Å²) in [5.41, 5.74) is 0.311. The zero-order chi connectivity index (χ0) is 19.2. The fourth-order valence-corrected chi connectivity index (χ4v) is 4.03. The molecule has 0 unspecified atom stereocenters. The minimum absolute atomic E-state index is 0. The van der Waals surface area contributed by atoms with Gasteiger partial charge in [-0.15, -0.1) is 24.0 Å². The van der Waals surface area contributed by atoms with Crippen molar-refractivity contribution in [2.45, 2.75) is 32.2 Å². The second-order valence-electron chi connectivity index (χ2n) is 6.20. The standard InChI is InChI=1S/C17H26F2N4O2S.HI/c1-3-26(24,25)23-10-7-15(8-11-23)22-17(20-2)21-9-6-13-12-14(18)4-5-16(13)19;/h4-5,12,15H,3,6-11H2,1-2H3,(H2,20,21,22);1H. The lowest BCUT2D eigenvalue weighted by Crippen LogP contribution is -2.50. The lowest BCUT2D eigenvalue weighted by atomic mass is 10.1. The maximum absolute atomic E-state index is 13.6. The molecule has 1 fully saturated rings. The molecule has 27 heavy (non-hydrogen) atoms. The minimum Gasteiger partial charge on any atom is -0.356 e.